The van der Waals surface area contributed by atoms with Crippen LogP contribution in [0.15, 0.2) is 24.3 Å². The third-order valence-corrected chi connectivity index (χ3v) is 1.87. The Kier molecular flexibility index (Phi) is 3.12. The van der Waals surface area contributed by atoms with E-state index in [0.717, 1.165) is 0 Å². The first kappa shape index (κ1) is 10.6. The molecule has 0 aromatic heterocycles. The van der Waals surface area contributed by atoms with Crippen LogP contribution in [0.25, 0.3) is 0 Å². The standard InChI is InChI=1S/C11H11FO2/c1-7(2)10(13)11(14)8-5-3-4-6-9(8)12/h3-7H,1-2H3. The highest BCUT2D eigenvalue weighted by molar-refractivity contribution is 6.44. The molecule has 14 heavy (non-hydrogen) atoms. The van der Waals surface area contributed by atoms with Gasteiger partial charge in [0, 0.05) is 5.92 Å². The molecule has 0 N–H and O–H groups in total. The number of halogens is 1. The lowest BCUT2D eigenvalue weighted by Gasteiger charge is -2.03. The summed E-state index contributed by atoms with van der Waals surface area (Å²) in [6, 6.07) is 5.49. The van der Waals surface area contributed by atoms with E-state index in [2.05, 4.69) is 0 Å². The van der Waals surface area contributed by atoms with Crippen molar-refractivity contribution >= 4 is 11.6 Å². The van der Waals surface area contributed by atoms with Gasteiger partial charge in [-0.3, -0.25) is 9.59 Å². The second-order valence-corrected chi connectivity index (χ2v) is 3.33. The summed E-state index contributed by atoms with van der Waals surface area (Å²) in [7, 11) is 0. The molecule has 0 spiro atoms. The van der Waals surface area contributed by atoms with Crippen molar-refractivity contribution < 1.29 is 14.0 Å². The van der Waals surface area contributed by atoms with Crippen LogP contribution in [0.1, 0.15) is 24.2 Å². The second kappa shape index (κ2) is 4.13. The Balaban J connectivity index is 3.02. The van der Waals surface area contributed by atoms with Crippen LogP contribution in [0.4, 0.5) is 4.39 Å². The van der Waals surface area contributed by atoms with Crippen molar-refractivity contribution in [1.29, 1.82) is 0 Å². The third kappa shape index (κ3) is 2.05. The number of rotatable bonds is 3. The quantitative estimate of drug-likeness (QED) is 0.546. The predicted molar refractivity (Wildman–Crippen MR) is 50.6 cm³/mol. The van der Waals surface area contributed by atoms with Gasteiger partial charge in [0.2, 0.25) is 11.6 Å². The summed E-state index contributed by atoms with van der Waals surface area (Å²) in [4.78, 5) is 22.7. The summed E-state index contributed by atoms with van der Waals surface area (Å²) in [5.74, 6) is -2.36. The molecule has 0 fully saturated rings. The molecule has 1 aromatic rings. The Morgan fingerprint density at radius 1 is 1.21 bits per heavy atom. The number of Topliss-reactive ketones (excluding diaryl/α,β-unsaturated/α-hetero) is 2. The molecule has 74 valence electrons. The smallest absolute Gasteiger partial charge is 0.231 e. The zero-order chi connectivity index (χ0) is 10.7. The molecule has 0 radical (unpaired) electrons. The van der Waals surface area contributed by atoms with E-state index in [1.807, 2.05) is 0 Å². The Hall–Kier alpha value is -1.51. The monoisotopic (exact) mass is 194 g/mol. The molecule has 0 heterocycles. The summed E-state index contributed by atoms with van der Waals surface area (Å²) in [6.07, 6.45) is 0. The van der Waals surface area contributed by atoms with Crippen LogP contribution in [0.5, 0.6) is 0 Å². The number of carbonyl (C=O) groups excluding carboxylic acids is 2. The van der Waals surface area contributed by atoms with Gasteiger partial charge < -0.3 is 0 Å². The number of carbonyl (C=O) groups is 2. The van der Waals surface area contributed by atoms with Gasteiger partial charge >= 0.3 is 0 Å². The van der Waals surface area contributed by atoms with E-state index in [0.29, 0.717) is 0 Å². The molecule has 1 rings (SSSR count). The normalized spacial score (nSPS) is 10.3. The molecular formula is C11H11FO2. The van der Waals surface area contributed by atoms with E-state index in [-0.39, 0.29) is 5.56 Å². The molecule has 0 saturated heterocycles. The average molecular weight is 194 g/mol. The fraction of sp³-hybridized carbons (Fsp3) is 0.273. The topological polar surface area (TPSA) is 34.1 Å². The van der Waals surface area contributed by atoms with E-state index in [1.165, 1.54) is 24.3 Å². The maximum atomic E-state index is 13.1. The van der Waals surface area contributed by atoms with Crippen molar-refractivity contribution in [3.05, 3.63) is 35.6 Å². The van der Waals surface area contributed by atoms with E-state index in [4.69, 9.17) is 0 Å². The van der Waals surface area contributed by atoms with Crippen molar-refractivity contribution in [2.24, 2.45) is 5.92 Å². The largest absolute Gasteiger partial charge is 0.290 e. The summed E-state index contributed by atoms with van der Waals surface area (Å²) < 4.78 is 13.1. The Bertz CT molecular complexity index is 369. The lowest BCUT2D eigenvalue weighted by molar-refractivity contribution is -0.117. The van der Waals surface area contributed by atoms with E-state index in [9.17, 15) is 14.0 Å². The Labute approximate surface area is 81.7 Å². The predicted octanol–water partition coefficient (Wildman–Crippen LogP) is 2.23. The van der Waals surface area contributed by atoms with Crippen molar-refractivity contribution in [3.8, 4) is 0 Å². The van der Waals surface area contributed by atoms with Gasteiger partial charge in [-0.15, -0.1) is 0 Å². The highest BCUT2D eigenvalue weighted by atomic mass is 19.1. The highest BCUT2D eigenvalue weighted by Gasteiger charge is 2.21. The zero-order valence-corrected chi connectivity index (χ0v) is 8.08. The van der Waals surface area contributed by atoms with Gasteiger partial charge in [0.1, 0.15) is 5.82 Å². The lowest BCUT2D eigenvalue weighted by atomic mass is 9.99. The van der Waals surface area contributed by atoms with Gasteiger partial charge in [-0.2, -0.15) is 0 Å². The first-order valence-electron chi connectivity index (χ1n) is 4.37. The van der Waals surface area contributed by atoms with Crippen molar-refractivity contribution in [2.75, 3.05) is 0 Å². The molecule has 0 saturated carbocycles. The fourth-order valence-corrected chi connectivity index (χ4v) is 1.04. The average Bonchev–Trinajstić information content (AvgIpc) is 2.16. The molecular weight excluding hydrogens is 183 g/mol. The molecule has 0 aliphatic rings. The summed E-state index contributed by atoms with van der Waals surface area (Å²) in [5, 5.41) is 0. The Morgan fingerprint density at radius 3 is 2.29 bits per heavy atom. The molecule has 0 aliphatic carbocycles. The van der Waals surface area contributed by atoms with Gasteiger partial charge in [0.15, 0.2) is 0 Å². The molecule has 3 heteroatoms. The molecule has 1 aromatic carbocycles. The lowest BCUT2D eigenvalue weighted by Crippen LogP contribution is -2.20. The van der Waals surface area contributed by atoms with Crippen molar-refractivity contribution in [3.63, 3.8) is 0 Å². The number of benzene rings is 1. The van der Waals surface area contributed by atoms with Gasteiger partial charge in [0.25, 0.3) is 0 Å². The first-order valence-corrected chi connectivity index (χ1v) is 4.37. The van der Waals surface area contributed by atoms with E-state index in [1.54, 1.807) is 13.8 Å². The van der Waals surface area contributed by atoms with Gasteiger partial charge in [-0.1, -0.05) is 26.0 Å². The summed E-state index contributed by atoms with van der Waals surface area (Å²) in [6.45, 7) is 3.22. The third-order valence-electron chi connectivity index (χ3n) is 1.87. The second-order valence-electron chi connectivity index (χ2n) is 3.33. The first-order chi connectivity index (χ1) is 6.54. The minimum atomic E-state index is -0.752. The molecule has 2 nitrogen and oxygen atoms in total. The Morgan fingerprint density at radius 2 is 1.79 bits per heavy atom. The molecule has 0 bridgehead atoms. The van der Waals surface area contributed by atoms with Crippen LogP contribution in [-0.2, 0) is 4.79 Å². The summed E-state index contributed by atoms with van der Waals surface area (Å²) in [5.41, 5.74) is -0.147. The molecule has 0 unspecified atom stereocenters. The maximum Gasteiger partial charge on any atom is 0.231 e. The SMILES string of the molecule is CC(C)C(=O)C(=O)c1ccccc1F. The number of ketones is 2. The van der Waals surface area contributed by atoms with Crippen molar-refractivity contribution in [2.45, 2.75) is 13.8 Å². The highest BCUT2D eigenvalue weighted by Crippen LogP contribution is 2.10. The van der Waals surface area contributed by atoms with Gasteiger partial charge in [0.05, 0.1) is 5.56 Å². The zero-order valence-electron chi connectivity index (χ0n) is 8.08. The van der Waals surface area contributed by atoms with E-state index >= 15 is 0 Å². The van der Waals surface area contributed by atoms with Crippen LogP contribution in [0.2, 0.25) is 0 Å². The fourth-order valence-electron chi connectivity index (χ4n) is 1.04. The van der Waals surface area contributed by atoms with Gasteiger partial charge in [-0.05, 0) is 12.1 Å². The number of hydrogen-bond acceptors (Lipinski definition) is 2. The van der Waals surface area contributed by atoms with Crippen LogP contribution in [0.3, 0.4) is 0 Å². The molecule has 0 atom stereocenters. The van der Waals surface area contributed by atoms with E-state index < -0.39 is 23.3 Å². The van der Waals surface area contributed by atoms with Gasteiger partial charge in [-0.25, -0.2) is 4.39 Å². The molecule has 0 amide bonds. The van der Waals surface area contributed by atoms with Crippen LogP contribution < -0.4 is 0 Å². The van der Waals surface area contributed by atoms with Crippen LogP contribution >= 0.6 is 0 Å². The van der Waals surface area contributed by atoms with Crippen molar-refractivity contribution in [1.82, 2.24) is 0 Å². The number of hydrogen-bond donors (Lipinski definition) is 0. The minimum Gasteiger partial charge on any atom is -0.290 e. The minimum absolute atomic E-state index is 0.147. The van der Waals surface area contributed by atoms with Crippen LogP contribution in [0, 0.1) is 11.7 Å². The molecule has 0 aliphatic heterocycles. The summed E-state index contributed by atoms with van der Waals surface area (Å²) >= 11 is 0. The van der Waals surface area contributed by atoms with Crippen LogP contribution in [-0.4, -0.2) is 11.6 Å². The maximum absolute atomic E-state index is 13.1.